The van der Waals surface area contributed by atoms with E-state index in [2.05, 4.69) is 0 Å². The lowest BCUT2D eigenvalue weighted by molar-refractivity contribution is -0.142. The van der Waals surface area contributed by atoms with Crippen molar-refractivity contribution in [1.29, 1.82) is 0 Å². The van der Waals surface area contributed by atoms with Crippen molar-refractivity contribution in [2.45, 2.75) is 20.3 Å². The highest BCUT2D eigenvalue weighted by Gasteiger charge is 2.22. The van der Waals surface area contributed by atoms with E-state index in [1.54, 1.807) is 6.92 Å². The normalized spacial score (nSPS) is 11.1. The van der Waals surface area contributed by atoms with Crippen LogP contribution in [0.1, 0.15) is 18.1 Å². The van der Waals surface area contributed by atoms with Crippen LogP contribution < -0.4 is 4.90 Å². The summed E-state index contributed by atoms with van der Waals surface area (Å²) in [7, 11) is 0. The largest absolute Gasteiger partial charge is 0.465 e. The van der Waals surface area contributed by atoms with Crippen LogP contribution in [0.4, 0.5) is 5.00 Å². The summed E-state index contributed by atoms with van der Waals surface area (Å²) < 4.78 is 10.9. The maximum Gasteiger partial charge on any atom is 0.326 e. The third kappa shape index (κ3) is 4.03. The number of hydrogen-bond donors (Lipinski definition) is 0. The standard InChI is InChI=1S/C23H21NO4S/c1-3-27-23(26)13-24(22-10-15(2)14-29-22)21(25)12-16-8-9-20-18(11-16)17-6-4-5-7-19(17)28-20/h4-11,14H,3,12-13H2,1-2H3. The summed E-state index contributed by atoms with van der Waals surface area (Å²) in [6, 6.07) is 15.5. The molecule has 0 N–H and O–H groups in total. The summed E-state index contributed by atoms with van der Waals surface area (Å²) in [4.78, 5) is 26.7. The Kier molecular flexibility index (Phi) is 5.36. The molecule has 1 amide bonds. The molecule has 0 saturated heterocycles. The number of ether oxygens (including phenoxy) is 1. The van der Waals surface area contributed by atoms with Gasteiger partial charge in [-0.3, -0.25) is 14.5 Å². The van der Waals surface area contributed by atoms with E-state index in [9.17, 15) is 9.59 Å². The monoisotopic (exact) mass is 407 g/mol. The van der Waals surface area contributed by atoms with Crippen LogP contribution in [-0.2, 0) is 20.7 Å². The molecule has 0 aliphatic rings. The van der Waals surface area contributed by atoms with Crippen molar-refractivity contribution < 1.29 is 18.7 Å². The summed E-state index contributed by atoms with van der Waals surface area (Å²) in [6.45, 7) is 3.91. The number of para-hydroxylation sites is 1. The molecule has 0 radical (unpaired) electrons. The highest BCUT2D eigenvalue weighted by molar-refractivity contribution is 7.14. The average Bonchev–Trinajstić information content (AvgIpc) is 3.29. The summed E-state index contributed by atoms with van der Waals surface area (Å²) in [5, 5.41) is 4.71. The lowest BCUT2D eigenvalue weighted by Crippen LogP contribution is -2.37. The molecule has 0 bridgehead atoms. The molecular formula is C23H21NO4S. The zero-order valence-electron chi connectivity index (χ0n) is 16.3. The summed E-state index contributed by atoms with van der Waals surface area (Å²) in [5.74, 6) is -0.560. The molecule has 4 aromatic rings. The highest BCUT2D eigenvalue weighted by Crippen LogP contribution is 2.30. The number of fused-ring (bicyclic) bond motifs is 3. The number of nitrogens with zero attached hydrogens (tertiary/aromatic N) is 1. The smallest absolute Gasteiger partial charge is 0.326 e. The van der Waals surface area contributed by atoms with Gasteiger partial charge in [-0.2, -0.15) is 0 Å². The van der Waals surface area contributed by atoms with E-state index >= 15 is 0 Å². The minimum Gasteiger partial charge on any atom is -0.465 e. The fourth-order valence-corrected chi connectivity index (χ4v) is 4.26. The summed E-state index contributed by atoms with van der Waals surface area (Å²) >= 11 is 1.44. The van der Waals surface area contributed by atoms with Gasteiger partial charge in [0.1, 0.15) is 17.7 Å². The number of benzene rings is 2. The number of carbonyl (C=O) groups is 2. The molecule has 2 aromatic carbocycles. The molecule has 0 atom stereocenters. The molecule has 29 heavy (non-hydrogen) atoms. The number of furan rings is 1. The van der Waals surface area contributed by atoms with E-state index < -0.39 is 5.97 Å². The van der Waals surface area contributed by atoms with E-state index in [1.807, 2.05) is 60.8 Å². The molecule has 4 rings (SSSR count). The Bertz CT molecular complexity index is 1190. The first-order chi connectivity index (χ1) is 14.0. The van der Waals surface area contributed by atoms with Crippen molar-refractivity contribution in [1.82, 2.24) is 0 Å². The molecule has 0 unspecified atom stereocenters. The number of carbonyl (C=O) groups excluding carboxylic acids is 2. The number of esters is 1. The average molecular weight is 407 g/mol. The predicted octanol–water partition coefficient (Wildman–Crippen LogP) is 5.09. The van der Waals surface area contributed by atoms with Crippen LogP contribution in [0.2, 0.25) is 0 Å². The predicted molar refractivity (Wildman–Crippen MR) is 115 cm³/mol. The maximum atomic E-state index is 13.1. The van der Waals surface area contributed by atoms with Gasteiger partial charge in [0.05, 0.1) is 18.0 Å². The molecule has 5 nitrogen and oxygen atoms in total. The van der Waals surface area contributed by atoms with E-state index in [0.29, 0.717) is 0 Å². The van der Waals surface area contributed by atoms with Crippen LogP contribution in [0.25, 0.3) is 21.9 Å². The van der Waals surface area contributed by atoms with Crippen LogP contribution in [0.3, 0.4) is 0 Å². The molecule has 6 heteroatoms. The van der Waals surface area contributed by atoms with E-state index in [0.717, 1.165) is 38.1 Å². The van der Waals surface area contributed by atoms with Crippen LogP contribution >= 0.6 is 11.3 Å². The third-order valence-corrected chi connectivity index (χ3v) is 5.74. The van der Waals surface area contributed by atoms with Gasteiger partial charge in [0.15, 0.2) is 0 Å². The molecular weight excluding hydrogens is 386 g/mol. The van der Waals surface area contributed by atoms with Gasteiger partial charge in [-0.25, -0.2) is 0 Å². The Labute approximate surface area is 172 Å². The van der Waals surface area contributed by atoms with Gasteiger partial charge in [-0.05, 0) is 54.6 Å². The summed E-state index contributed by atoms with van der Waals surface area (Å²) in [5.41, 5.74) is 3.54. The van der Waals surface area contributed by atoms with Crippen molar-refractivity contribution in [3.63, 3.8) is 0 Å². The van der Waals surface area contributed by atoms with Crippen LogP contribution in [0, 0.1) is 6.92 Å². The molecule has 148 valence electrons. The molecule has 2 heterocycles. The molecule has 0 aliphatic carbocycles. The highest BCUT2D eigenvalue weighted by atomic mass is 32.1. The van der Waals surface area contributed by atoms with Crippen LogP contribution in [0.5, 0.6) is 0 Å². The van der Waals surface area contributed by atoms with Gasteiger partial charge >= 0.3 is 5.97 Å². The second-order valence-corrected chi connectivity index (χ2v) is 7.74. The fourth-order valence-electron chi connectivity index (χ4n) is 3.34. The number of amides is 1. The Morgan fingerprint density at radius 1 is 1.07 bits per heavy atom. The number of hydrogen-bond acceptors (Lipinski definition) is 5. The maximum absolute atomic E-state index is 13.1. The lowest BCUT2D eigenvalue weighted by atomic mass is 10.1. The lowest BCUT2D eigenvalue weighted by Gasteiger charge is -2.20. The molecule has 0 fully saturated rings. The zero-order valence-corrected chi connectivity index (χ0v) is 17.1. The summed E-state index contributed by atoms with van der Waals surface area (Å²) in [6.07, 6.45) is 0.186. The Morgan fingerprint density at radius 3 is 2.62 bits per heavy atom. The first-order valence-electron chi connectivity index (χ1n) is 9.46. The second kappa shape index (κ2) is 8.09. The van der Waals surface area contributed by atoms with Crippen molar-refractivity contribution in [2.24, 2.45) is 0 Å². The van der Waals surface area contributed by atoms with Gasteiger partial charge in [0.2, 0.25) is 5.91 Å². The fraction of sp³-hybridized carbons (Fsp3) is 0.217. The number of rotatable bonds is 6. The number of anilines is 1. The number of thiophene rings is 1. The van der Waals surface area contributed by atoms with Gasteiger partial charge < -0.3 is 9.15 Å². The molecule has 0 aliphatic heterocycles. The van der Waals surface area contributed by atoms with Gasteiger partial charge in [0, 0.05) is 10.8 Å². The second-order valence-electron chi connectivity index (χ2n) is 6.85. The zero-order chi connectivity index (χ0) is 20.4. The minimum absolute atomic E-state index is 0.0937. The molecule has 2 aromatic heterocycles. The van der Waals surface area contributed by atoms with Gasteiger partial charge in [-0.1, -0.05) is 24.3 Å². The number of aryl methyl sites for hydroxylation is 1. The minimum atomic E-state index is -0.414. The third-order valence-electron chi connectivity index (χ3n) is 4.67. The Morgan fingerprint density at radius 2 is 1.86 bits per heavy atom. The molecule has 0 saturated carbocycles. The van der Waals surface area contributed by atoms with Crippen LogP contribution in [0.15, 0.2) is 58.3 Å². The Balaban J connectivity index is 1.62. The van der Waals surface area contributed by atoms with E-state index in [-0.39, 0.29) is 25.5 Å². The molecule has 0 spiro atoms. The van der Waals surface area contributed by atoms with Crippen molar-refractivity contribution in [3.05, 3.63) is 65.0 Å². The van der Waals surface area contributed by atoms with Gasteiger partial charge in [0.25, 0.3) is 0 Å². The SMILES string of the molecule is CCOC(=O)CN(C(=O)Cc1ccc2oc3ccccc3c2c1)c1cc(C)cs1. The Hall–Kier alpha value is -3.12. The topological polar surface area (TPSA) is 59.8 Å². The van der Waals surface area contributed by atoms with E-state index in [4.69, 9.17) is 9.15 Å². The first-order valence-corrected chi connectivity index (χ1v) is 10.3. The quantitative estimate of drug-likeness (QED) is 0.418. The van der Waals surface area contributed by atoms with Crippen molar-refractivity contribution >= 4 is 50.2 Å². The van der Waals surface area contributed by atoms with Crippen molar-refractivity contribution in [2.75, 3.05) is 18.1 Å². The van der Waals surface area contributed by atoms with Crippen LogP contribution in [-0.4, -0.2) is 25.0 Å². The van der Waals surface area contributed by atoms with E-state index in [1.165, 1.54) is 16.2 Å². The van der Waals surface area contributed by atoms with Crippen molar-refractivity contribution in [3.8, 4) is 0 Å². The first kappa shape index (κ1) is 19.2. The van der Waals surface area contributed by atoms with Gasteiger partial charge in [-0.15, -0.1) is 11.3 Å².